The normalized spacial score (nSPS) is 13.0. The molecule has 1 aromatic heterocycles. The van der Waals surface area contributed by atoms with Crippen molar-refractivity contribution < 1.29 is 24.2 Å². The van der Waals surface area contributed by atoms with E-state index < -0.39 is 23.9 Å². The van der Waals surface area contributed by atoms with Crippen molar-refractivity contribution in [1.82, 2.24) is 14.7 Å². The molecule has 1 atom stereocenters. The van der Waals surface area contributed by atoms with Crippen molar-refractivity contribution in [2.24, 2.45) is 13.0 Å². The summed E-state index contributed by atoms with van der Waals surface area (Å²) in [5.74, 6) is -2.03. The Morgan fingerprint density at radius 3 is 2.29 bits per heavy atom. The van der Waals surface area contributed by atoms with Gasteiger partial charge >= 0.3 is 12.1 Å². The lowest BCUT2D eigenvalue weighted by molar-refractivity contribution is -0.141. The lowest BCUT2D eigenvalue weighted by Crippen LogP contribution is -2.37. The number of anilines is 1. The number of carbonyl (C=O) groups is 3. The number of aromatic nitrogens is 2. The lowest BCUT2D eigenvalue weighted by atomic mass is 9.98. The van der Waals surface area contributed by atoms with E-state index in [9.17, 15) is 19.5 Å². The standard InChI is InChI=1S/C26H28N4O5/c1-4-30(14-16(2)25(32)33)24(31)21-13-27-29(3)23(21)28-26(34)35-15-22-19-11-7-5-9-17(19)18-10-6-8-12-20(18)22/h5-13,16,22H,4,14-15H2,1-3H3,(H,28,34)(H,32,33). The Morgan fingerprint density at radius 1 is 1.11 bits per heavy atom. The second kappa shape index (κ2) is 10.0. The van der Waals surface area contributed by atoms with Crippen LogP contribution in [0.2, 0.25) is 0 Å². The van der Waals surface area contributed by atoms with Crippen molar-refractivity contribution >= 4 is 23.8 Å². The van der Waals surface area contributed by atoms with Crippen LogP contribution in [0.15, 0.2) is 54.7 Å². The highest BCUT2D eigenvalue weighted by molar-refractivity contribution is 6.01. The Balaban J connectivity index is 1.47. The minimum Gasteiger partial charge on any atom is -0.481 e. The fourth-order valence-electron chi connectivity index (χ4n) is 4.41. The molecule has 4 rings (SSSR count). The van der Waals surface area contributed by atoms with Gasteiger partial charge < -0.3 is 14.7 Å². The lowest BCUT2D eigenvalue weighted by Gasteiger charge is -2.23. The van der Waals surface area contributed by atoms with E-state index in [-0.39, 0.29) is 30.5 Å². The van der Waals surface area contributed by atoms with Gasteiger partial charge in [0.25, 0.3) is 5.91 Å². The van der Waals surface area contributed by atoms with Gasteiger partial charge in [-0.2, -0.15) is 5.10 Å². The van der Waals surface area contributed by atoms with Crippen LogP contribution in [-0.2, 0) is 16.6 Å². The number of aryl methyl sites for hydroxylation is 1. The monoisotopic (exact) mass is 476 g/mol. The fraction of sp³-hybridized carbons (Fsp3) is 0.308. The van der Waals surface area contributed by atoms with Crippen LogP contribution in [0.25, 0.3) is 11.1 Å². The number of rotatable bonds is 8. The minimum atomic E-state index is -0.987. The van der Waals surface area contributed by atoms with E-state index in [1.165, 1.54) is 22.7 Å². The predicted molar refractivity (Wildman–Crippen MR) is 130 cm³/mol. The van der Waals surface area contributed by atoms with Crippen LogP contribution in [0.1, 0.15) is 41.3 Å². The number of hydrogen-bond donors (Lipinski definition) is 2. The summed E-state index contributed by atoms with van der Waals surface area (Å²) in [7, 11) is 1.60. The molecule has 9 heteroatoms. The van der Waals surface area contributed by atoms with E-state index in [1.807, 2.05) is 36.4 Å². The fourth-order valence-corrected chi connectivity index (χ4v) is 4.41. The molecule has 0 saturated carbocycles. The Bertz CT molecular complexity index is 1220. The summed E-state index contributed by atoms with van der Waals surface area (Å²) in [6.45, 7) is 3.80. The molecule has 1 heterocycles. The number of carboxylic acid groups (broad SMARTS) is 1. The molecule has 3 aromatic rings. The van der Waals surface area contributed by atoms with Gasteiger partial charge in [-0.15, -0.1) is 0 Å². The van der Waals surface area contributed by atoms with Crippen molar-refractivity contribution in [3.8, 4) is 11.1 Å². The molecule has 0 aliphatic heterocycles. The number of carbonyl (C=O) groups excluding carboxylic acids is 2. The summed E-state index contributed by atoms with van der Waals surface area (Å²) in [6.07, 6.45) is 0.654. The first kappa shape index (κ1) is 24.0. The van der Waals surface area contributed by atoms with Crippen LogP contribution in [0.4, 0.5) is 10.6 Å². The highest BCUT2D eigenvalue weighted by Crippen LogP contribution is 2.44. The molecule has 2 N–H and O–H groups in total. The first-order valence-electron chi connectivity index (χ1n) is 11.5. The molecule has 2 aromatic carbocycles. The van der Waals surface area contributed by atoms with Gasteiger partial charge in [-0.1, -0.05) is 55.5 Å². The smallest absolute Gasteiger partial charge is 0.412 e. The van der Waals surface area contributed by atoms with Gasteiger partial charge in [-0.25, -0.2) is 4.79 Å². The number of hydrogen-bond acceptors (Lipinski definition) is 5. The molecule has 0 bridgehead atoms. The molecule has 9 nitrogen and oxygen atoms in total. The van der Waals surface area contributed by atoms with Crippen molar-refractivity contribution in [1.29, 1.82) is 0 Å². The number of benzene rings is 2. The zero-order valence-corrected chi connectivity index (χ0v) is 19.9. The SMILES string of the molecule is CCN(CC(C)C(=O)O)C(=O)c1cnn(C)c1NC(=O)OCC1c2ccccc2-c2ccccc21. The summed E-state index contributed by atoms with van der Waals surface area (Å²) < 4.78 is 6.97. The van der Waals surface area contributed by atoms with Gasteiger partial charge in [0, 0.05) is 26.1 Å². The van der Waals surface area contributed by atoms with Crippen LogP contribution in [0, 0.1) is 5.92 Å². The molecule has 35 heavy (non-hydrogen) atoms. The van der Waals surface area contributed by atoms with E-state index in [1.54, 1.807) is 14.0 Å². The Hall–Kier alpha value is -4.14. The van der Waals surface area contributed by atoms with E-state index in [2.05, 4.69) is 22.5 Å². The average Bonchev–Trinajstić information content (AvgIpc) is 3.38. The molecule has 2 amide bonds. The van der Waals surface area contributed by atoms with Crippen molar-refractivity contribution in [3.63, 3.8) is 0 Å². The molecule has 0 saturated heterocycles. The molecule has 1 aliphatic carbocycles. The number of ether oxygens (including phenoxy) is 1. The van der Waals surface area contributed by atoms with Gasteiger partial charge in [-0.05, 0) is 29.2 Å². The molecule has 182 valence electrons. The first-order valence-corrected chi connectivity index (χ1v) is 11.5. The second-order valence-electron chi connectivity index (χ2n) is 8.56. The van der Waals surface area contributed by atoms with Gasteiger partial charge in [0.05, 0.1) is 12.1 Å². The summed E-state index contributed by atoms with van der Waals surface area (Å²) in [5, 5.41) is 15.9. The van der Waals surface area contributed by atoms with Crippen molar-refractivity contribution in [3.05, 3.63) is 71.4 Å². The maximum atomic E-state index is 13.1. The van der Waals surface area contributed by atoms with E-state index in [0.717, 1.165) is 22.3 Å². The van der Waals surface area contributed by atoms with E-state index in [0.29, 0.717) is 6.54 Å². The van der Waals surface area contributed by atoms with Crippen LogP contribution < -0.4 is 5.32 Å². The quantitative estimate of drug-likeness (QED) is 0.509. The third-order valence-electron chi connectivity index (χ3n) is 6.32. The Kier molecular flexibility index (Phi) is 6.86. The summed E-state index contributed by atoms with van der Waals surface area (Å²) in [5.41, 5.74) is 4.63. The number of nitrogens with zero attached hydrogens (tertiary/aromatic N) is 3. The van der Waals surface area contributed by atoms with Crippen LogP contribution in [0.5, 0.6) is 0 Å². The molecule has 0 radical (unpaired) electrons. The second-order valence-corrected chi connectivity index (χ2v) is 8.56. The topological polar surface area (TPSA) is 114 Å². The van der Waals surface area contributed by atoms with E-state index >= 15 is 0 Å². The zero-order valence-electron chi connectivity index (χ0n) is 19.9. The maximum absolute atomic E-state index is 13.1. The largest absolute Gasteiger partial charge is 0.481 e. The number of nitrogens with one attached hydrogen (secondary N) is 1. The number of amides is 2. The first-order chi connectivity index (χ1) is 16.8. The average molecular weight is 477 g/mol. The summed E-state index contributed by atoms with van der Waals surface area (Å²) in [4.78, 5) is 38.5. The van der Waals surface area contributed by atoms with Crippen LogP contribution in [-0.4, -0.2) is 57.5 Å². The zero-order chi connectivity index (χ0) is 25.1. The molecular weight excluding hydrogens is 448 g/mol. The maximum Gasteiger partial charge on any atom is 0.412 e. The summed E-state index contributed by atoms with van der Waals surface area (Å²) in [6, 6.07) is 16.1. The molecule has 0 fully saturated rings. The minimum absolute atomic E-state index is 0.0456. The number of aliphatic carboxylic acids is 1. The van der Waals surface area contributed by atoms with E-state index in [4.69, 9.17) is 4.74 Å². The van der Waals surface area contributed by atoms with Gasteiger partial charge in [0.2, 0.25) is 0 Å². The number of carboxylic acids is 1. The van der Waals surface area contributed by atoms with Gasteiger partial charge in [-0.3, -0.25) is 19.6 Å². The molecule has 0 spiro atoms. The number of fused-ring (bicyclic) bond motifs is 3. The third kappa shape index (κ3) is 4.75. The Labute approximate surface area is 203 Å². The van der Waals surface area contributed by atoms with Gasteiger partial charge in [0.1, 0.15) is 18.0 Å². The third-order valence-corrected chi connectivity index (χ3v) is 6.32. The predicted octanol–water partition coefficient (Wildman–Crippen LogP) is 3.96. The highest BCUT2D eigenvalue weighted by Gasteiger charge is 2.30. The summed E-state index contributed by atoms with van der Waals surface area (Å²) >= 11 is 0. The molecular formula is C26H28N4O5. The highest BCUT2D eigenvalue weighted by atomic mass is 16.5. The van der Waals surface area contributed by atoms with Crippen LogP contribution in [0.3, 0.4) is 0 Å². The van der Waals surface area contributed by atoms with Crippen molar-refractivity contribution in [2.75, 3.05) is 25.0 Å². The van der Waals surface area contributed by atoms with Crippen LogP contribution >= 0.6 is 0 Å². The van der Waals surface area contributed by atoms with Crippen molar-refractivity contribution in [2.45, 2.75) is 19.8 Å². The molecule has 1 unspecified atom stereocenters. The van der Waals surface area contributed by atoms with Gasteiger partial charge in [0.15, 0.2) is 0 Å². The molecule has 1 aliphatic rings. The Morgan fingerprint density at radius 2 is 1.71 bits per heavy atom.